The topological polar surface area (TPSA) is 109 Å². The number of hydrogen-bond donors (Lipinski definition) is 2. The highest BCUT2D eigenvalue weighted by molar-refractivity contribution is 7.16. The lowest BCUT2D eigenvalue weighted by Gasteiger charge is -2.22. The average molecular weight is 468 g/mol. The number of hydrogen-bond acceptors (Lipinski definition) is 7. The van der Waals surface area contributed by atoms with Crippen LogP contribution in [-0.4, -0.2) is 27.7 Å². The van der Waals surface area contributed by atoms with Crippen molar-refractivity contribution in [1.29, 1.82) is 5.26 Å². The van der Waals surface area contributed by atoms with Crippen LogP contribution in [0.3, 0.4) is 0 Å². The summed E-state index contributed by atoms with van der Waals surface area (Å²) in [5.74, 6) is -0.284. The first kappa shape index (κ1) is 21.8. The van der Waals surface area contributed by atoms with Gasteiger partial charge in [-0.15, -0.1) is 11.3 Å². The molecule has 32 heavy (non-hydrogen) atoms. The summed E-state index contributed by atoms with van der Waals surface area (Å²) in [4.78, 5) is 29.5. The number of carbonyl (C=O) groups is 2. The van der Waals surface area contributed by atoms with E-state index in [0.29, 0.717) is 36.4 Å². The first-order valence-corrected chi connectivity index (χ1v) is 11.7. The lowest BCUT2D eigenvalue weighted by atomic mass is 9.94. The van der Waals surface area contributed by atoms with E-state index in [1.807, 2.05) is 28.4 Å². The van der Waals surface area contributed by atoms with Crippen molar-refractivity contribution in [3.05, 3.63) is 62.7 Å². The van der Waals surface area contributed by atoms with Crippen LogP contribution >= 0.6 is 22.7 Å². The molecule has 0 bridgehead atoms. The number of nitrogens with zero attached hydrogens (tertiary/aromatic N) is 3. The third-order valence-electron chi connectivity index (χ3n) is 5.14. The standard InChI is InChI=1S/C22H21N5O3S2/c1-27-13-24-10-15(27)11-25-22(29)30-16-3-4-17-18(9-23)21(32-19(17)8-16)26-20(28)5-2-14-6-7-31-12-14/h2,5-7,10,12-13,16H,3-4,8,11H2,1H3,(H,25,29)(H,26,28)/b5-2+. The van der Waals surface area contributed by atoms with Gasteiger partial charge in [0.2, 0.25) is 5.91 Å². The van der Waals surface area contributed by atoms with Crippen molar-refractivity contribution in [2.75, 3.05) is 5.32 Å². The van der Waals surface area contributed by atoms with Crippen LogP contribution in [0.2, 0.25) is 0 Å². The van der Waals surface area contributed by atoms with Gasteiger partial charge in [-0.05, 0) is 46.9 Å². The fourth-order valence-electron chi connectivity index (χ4n) is 3.47. The zero-order valence-electron chi connectivity index (χ0n) is 17.3. The van der Waals surface area contributed by atoms with Crippen LogP contribution in [0.25, 0.3) is 6.08 Å². The van der Waals surface area contributed by atoms with Crippen molar-refractivity contribution < 1.29 is 14.3 Å². The summed E-state index contributed by atoms with van der Waals surface area (Å²) < 4.78 is 7.40. The number of nitrogens with one attached hydrogen (secondary N) is 2. The quantitative estimate of drug-likeness (QED) is 0.535. The van der Waals surface area contributed by atoms with Crippen LogP contribution in [0.4, 0.5) is 9.80 Å². The van der Waals surface area contributed by atoms with Gasteiger partial charge in [0.1, 0.15) is 17.2 Å². The lowest BCUT2D eigenvalue weighted by molar-refractivity contribution is -0.111. The van der Waals surface area contributed by atoms with Gasteiger partial charge < -0.3 is 19.9 Å². The summed E-state index contributed by atoms with van der Waals surface area (Å²) in [5, 5.41) is 19.6. The van der Waals surface area contributed by atoms with E-state index in [4.69, 9.17) is 4.74 Å². The maximum Gasteiger partial charge on any atom is 0.407 e. The first-order valence-electron chi connectivity index (χ1n) is 9.99. The van der Waals surface area contributed by atoms with Gasteiger partial charge in [0.25, 0.3) is 0 Å². The lowest BCUT2D eigenvalue weighted by Crippen LogP contribution is -2.32. The summed E-state index contributed by atoms with van der Waals surface area (Å²) in [6.07, 6.45) is 7.56. The van der Waals surface area contributed by atoms with Crippen LogP contribution in [-0.2, 0) is 36.0 Å². The second kappa shape index (κ2) is 9.80. The Balaban J connectivity index is 1.36. The number of aromatic nitrogens is 2. The van der Waals surface area contributed by atoms with Crippen LogP contribution in [0.5, 0.6) is 0 Å². The van der Waals surface area contributed by atoms with Gasteiger partial charge in [-0.2, -0.15) is 16.6 Å². The summed E-state index contributed by atoms with van der Waals surface area (Å²) in [7, 11) is 1.86. The smallest absolute Gasteiger partial charge is 0.407 e. The number of ether oxygens (including phenoxy) is 1. The van der Waals surface area contributed by atoms with E-state index in [0.717, 1.165) is 21.7 Å². The molecule has 0 fully saturated rings. The van der Waals surface area contributed by atoms with Gasteiger partial charge in [-0.1, -0.05) is 0 Å². The summed E-state index contributed by atoms with van der Waals surface area (Å²) in [5.41, 5.74) is 3.27. The molecule has 0 saturated heterocycles. The van der Waals surface area contributed by atoms with Crippen molar-refractivity contribution in [2.24, 2.45) is 7.05 Å². The molecule has 3 aromatic rings. The second-order valence-electron chi connectivity index (χ2n) is 7.32. The molecule has 1 unspecified atom stereocenters. The molecule has 1 aliphatic rings. The second-order valence-corrected chi connectivity index (χ2v) is 9.20. The highest BCUT2D eigenvalue weighted by Crippen LogP contribution is 2.38. The molecule has 0 aliphatic heterocycles. The molecule has 0 saturated carbocycles. The molecule has 2 N–H and O–H groups in total. The molecule has 0 radical (unpaired) electrons. The molecule has 3 heterocycles. The number of anilines is 1. The van der Waals surface area contributed by atoms with Gasteiger partial charge in [-0.3, -0.25) is 4.79 Å². The fraction of sp³-hybridized carbons (Fsp3) is 0.273. The molecule has 8 nitrogen and oxygen atoms in total. The van der Waals surface area contributed by atoms with E-state index in [1.165, 1.54) is 17.4 Å². The Hall–Kier alpha value is -3.42. The summed E-state index contributed by atoms with van der Waals surface area (Å²) >= 11 is 2.93. The largest absolute Gasteiger partial charge is 0.446 e. The minimum atomic E-state index is -0.483. The van der Waals surface area contributed by atoms with Crippen molar-refractivity contribution in [3.63, 3.8) is 0 Å². The van der Waals surface area contributed by atoms with Crippen LogP contribution in [0.1, 0.15) is 33.7 Å². The number of alkyl carbamates (subject to hydrolysis) is 1. The van der Waals surface area contributed by atoms with Crippen molar-refractivity contribution in [2.45, 2.75) is 31.9 Å². The highest BCUT2D eigenvalue weighted by atomic mass is 32.1. The number of amides is 2. The van der Waals surface area contributed by atoms with E-state index >= 15 is 0 Å². The SMILES string of the molecule is Cn1cncc1CNC(=O)OC1CCc2c(sc(NC(=O)/C=C/c3ccsc3)c2C#N)C1. The van der Waals surface area contributed by atoms with E-state index in [2.05, 4.69) is 21.7 Å². The Bertz CT molecular complexity index is 1190. The Morgan fingerprint density at radius 3 is 3.06 bits per heavy atom. The molecule has 1 aliphatic carbocycles. The monoisotopic (exact) mass is 467 g/mol. The number of nitriles is 1. The Morgan fingerprint density at radius 2 is 2.34 bits per heavy atom. The van der Waals surface area contributed by atoms with Crippen LogP contribution in [0.15, 0.2) is 35.4 Å². The Kier molecular flexibility index (Phi) is 6.68. The Labute approximate surface area is 193 Å². The number of thiophene rings is 2. The molecule has 1 atom stereocenters. The first-order chi connectivity index (χ1) is 15.5. The normalized spacial score (nSPS) is 15.2. The number of imidazole rings is 1. The third-order valence-corrected chi connectivity index (χ3v) is 7.01. The zero-order valence-corrected chi connectivity index (χ0v) is 19.0. The average Bonchev–Trinajstić information content (AvgIpc) is 3.50. The molecule has 2 amide bonds. The van der Waals surface area contributed by atoms with Crippen molar-refractivity contribution >= 4 is 45.8 Å². The number of carbonyl (C=O) groups excluding carboxylic acids is 2. The van der Waals surface area contributed by atoms with Gasteiger partial charge in [0.15, 0.2) is 0 Å². The number of fused-ring (bicyclic) bond motifs is 1. The van der Waals surface area contributed by atoms with Crippen molar-refractivity contribution in [1.82, 2.24) is 14.9 Å². The molecule has 3 aromatic heterocycles. The van der Waals surface area contributed by atoms with Crippen LogP contribution < -0.4 is 10.6 Å². The zero-order chi connectivity index (χ0) is 22.5. The van der Waals surface area contributed by atoms with E-state index in [1.54, 1.807) is 29.9 Å². The minimum absolute atomic E-state index is 0.277. The van der Waals surface area contributed by atoms with Crippen LogP contribution in [0, 0.1) is 11.3 Å². The molecule has 4 rings (SSSR count). The van der Waals surface area contributed by atoms with E-state index in [-0.39, 0.29) is 12.0 Å². The predicted octanol–water partition coefficient (Wildman–Crippen LogP) is 3.85. The maximum atomic E-state index is 12.3. The molecule has 10 heteroatoms. The summed E-state index contributed by atoms with van der Waals surface area (Å²) in [6, 6.07) is 4.14. The van der Waals surface area contributed by atoms with E-state index in [9.17, 15) is 14.9 Å². The summed E-state index contributed by atoms with van der Waals surface area (Å²) in [6.45, 7) is 0.333. The van der Waals surface area contributed by atoms with Gasteiger partial charge >= 0.3 is 6.09 Å². The number of aryl methyl sites for hydroxylation is 1. The maximum absolute atomic E-state index is 12.3. The molecule has 164 valence electrons. The molecular weight excluding hydrogens is 446 g/mol. The van der Waals surface area contributed by atoms with Gasteiger partial charge in [0.05, 0.1) is 24.1 Å². The Morgan fingerprint density at radius 1 is 1.47 bits per heavy atom. The van der Waals surface area contributed by atoms with E-state index < -0.39 is 6.09 Å². The highest BCUT2D eigenvalue weighted by Gasteiger charge is 2.28. The minimum Gasteiger partial charge on any atom is -0.446 e. The molecule has 0 spiro atoms. The predicted molar refractivity (Wildman–Crippen MR) is 123 cm³/mol. The number of rotatable bonds is 6. The van der Waals surface area contributed by atoms with Gasteiger partial charge in [-0.25, -0.2) is 9.78 Å². The van der Waals surface area contributed by atoms with Crippen molar-refractivity contribution in [3.8, 4) is 6.07 Å². The molecule has 0 aromatic carbocycles. The molecular formula is C22H21N5O3S2. The fourth-order valence-corrected chi connectivity index (χ4v) is 5.36. The third kappa shape index (κ3) is 5.07. The van der Waals surface area contributed by atoms with Gasteiger partial charge in [0, 0.05) is 30.6 Å².